The zero-order valence-corrected chi connectivity index (χ0v) is 14.1. The van der Waals surface area contributed by atoms with Gasteiger partial charge in [0.2, 0.25) is 0 Å². The van der Waals surface area contributed by atoms with Gasteiger partial charge >= 0.3 is 0 Å². The number of nitrogens with one attached hydrogen (secondary N) is 2. The van der Waals surface area contributed by atoms with E-state index in [9.17, 15) is 4.79 Å². The van der Waals surface area contributed by atoms with Crippen molar-refractivity contribution < 1.29 is 9.53 Å². The summed E-state index contributed by atoms with van der Waals surface area (Å²) in [5, 5.41) is 6.01. The van der Waals surface area contributed by atoms with Crippen molar-refractivity contribution in [2.45, 2.75) is 26.5 Å². The minimum Gasteiger partial charge on any atom is -0.491 e. The lowest BCUT2D eigenvalue weighted by Crippen LogP contribution is -2.23. The van der Waals surface area contributed by atoms with E-state index in [1.807, 2.05) is 38.1 Å². The van der Waals surface area contributed by atoms with E-state index in [-0.39, 0.29) is 17.2 Å². The summed E-state index contributed by atoms with van der Waals surface area (Å²) in [5.41, 5.74) is 1.43. The number of carbonyl (C=O) groups excluding carboxylic acids is 1. The summed E-state index contributed by atoms with van der Waals surface area (Å²) in [7, 11) is 1.72. The number of aromatic nitrogens is 1. The van der Waals surface area contributed by atoms with E-state index in [1.165, 1.54) is 6.07 Å². The smallest absolute Gasteiger partial charge is 0.251 e. The van der Waals surface area contributed by atoms with Crippen LogP contribution in [0.1, 0.15) is 29.8 Å². The molecule has 0 saturated heterocycles. The van der Waals surface area contributed by atoms with Gasteiger partial charge in [-0.2, -0.15) is 0 Å². The Labute approximate surface area is 141 Å². The molecule has 1 aromatic heterocycles. The van der Waals surface area contributed by atoms with Crippen LogP contribution in [-0.2, 0) is 6.54 Å². The van der Waals surface area contributed by atoms with E-state index >= 15 is 0 Å². The van der Waals surface area contributed by atoms with Gasteiger partial charge in [0.05, 0.1) is 6.10 Å². The average Bonchev–Trinajstić information content (AvgIpc) is 2.51. The second-order valence-corrected chi connectivity index (χ2v) is 5.70. The van der Waals surface area contributed by atoms with Crippen molar-refractivity contribution in [3.8, 4) is 5.75 Å². The number of halogens is 1. The van der Waals surface area contributed by atoms with Gasteiger partial charge < -0.3 is 15.4 Å². The lowest BCUT2D eigenvalue weighted by Gasteiger charge is -2.11. The monoisotopic (exact) mass is 333 g/mol. The molecule has 0 radical (unpaired) electrons. The Morgan fingerprint density at radius 3 is 2.78 bits per heavy atom. The molecular formula is C17H20ClN3O2. The number of ether oxygens (including phenoxy) is 1. The molecule has 1 heterocycles. The Balaban J connectivity index is 2.03. The summed E-state index contributed by atoms with van der Waals surface area (Å²) in [6.07, 6.45) is 0.110. The van der Waals surface area contributed by atoms with Crippen LogP contribution in [-0.4, -0.2) is 24.0 Å². The number of amides is 1. The van der Waals surface area contributed by atoms with Crippen LogP contribution in [0.25, 0.3) is 0 Å². The summed E-state index contributed by atoms with van der Waals surface area (Å²) in [6, 6.07) is 10.8. The first-order chi connectivity index (χ1) is 11.0. The molecule has 2 rings (SSSR count). The first-order valence-corrected chi connectivity index (χ1v) is 7.75. The Kier molecular flexibility index (Phi) is 5.82. The number of nitrogens with zero attached hydrogens (tertiary/aromatic N) is 1. The third-order valence-corrected chi connectivity index (χ3v) is 3.23. The van der Waals surface area contributed by atoms with Crippen molar-refractivity contribution in [3.63, 3.8) is 0 Å². The van der Waals surface area contributed by atoms with Crippen LogP contribution < -0.4 is 15.4 Å². The second-order valence-electron chi connectivity index (χ2n) is 5.31. The second kappa shape index (κ2) is 7.83. The summed E-state index contributed by atoms with van der Waals surface area (Å²) < 4.78 is 5.65. The maximum Gasteiger partial charge on any atom is 0.251 e. The predicted molar refractivity (Wildman–Crippen MR) is 92.2 cm³/mol. The van der Waals surface area contributed by atoms with Crippen LogP contribution in [0.5, 0.6) is 5.75 Å². The van der Waals surface area contributed by atoms with E-state index in [0.717, 1.165) is 11.3 Å². The first kappa shape index (κ1) is 17.1. The highest BCUT2D eigenvalue weighted by molar-refractivity contribution is 6.29. The zero-order valence-electron chi connectivity index (χ0n) is 13.4. The molecule has 0 unspecified atom stereocenters. The third-order valence-electron chi connectivity index (χ3n) is 3.04. The van der Waals surface area contributed by atoms with Crippen LogP contribution in [0.2, 0.25) is 5.15 Å². The van der Waals surface area contributed by atoms with Crippen LogP contribution in [0.3, 0.4) is 0 Å². The molecule has 1 aromatic carbocycles. The summed E-state index contributed by atoms with van der Waals surface area (Å²) >= 11 is 5.91. The highest BCUT2D eigenvalue weighted by atomic mass is 35.5. The van der Waals surface area contributed by atoms with Gasteiger partial charge in [-0.05, 0) is 43.7 Å². The summed E-state index contributed by atoms with van der Waals surface area (Å²) in [6.45, 7) is 4.35. The number of hydrogen-bond acceptors (Lipinski definition) is 4. The summed E-state index contributed by atoms with van der Waals surface area (Å²) in [5.74, 6) is 1.13. The van der Waals surface area contributed by atoms with Crippen molar-refractivity contribution >= 4 is 23.3 Å². The number of hydrogen-bond donors (Lipinski definition) is 2. The minimum absolute atomic E-state index is 0.110. The SMILES string of the molecule is CNc1cc(C(=O)NCc2cccc(OC(C)C)c2)cc(Cl)n1. The molecule has 0 spiro atoms. The molecular weight excluding hydrogens is 314 g/mol. The predicted octanol–water partition coefficient (Wildman–Crippen LogP) is 3.49. The molecule has 2 N–H and O–H groups in total. The quantitative estimate of drug-likeness (QED) is 0.794. The molecule has 0 saturated carbocycles. The highest BCUT2D eigenvalue weighted by Crippen LogP contribution is 2.16. The average molecular weight is 334 g/mol. The normalized spacial score (nSPS) is 10.5. The molecule has 5 nitrogen and oxygen atoms in total. The number of pyridine rings is 1. The van der Waals surface area contributed by atoms with E-state index in [0.29, 0.717) is 17.9 Å². The van der Waals surface area contributed by atoms with Crippen LogP contribution in [0, 0.1) is 0 Å². The van der Waals surface area contributed by atoms with E-state index < -0.39 is 0 Å². The zero-order chi connectivity index (χ0) is 16.8. The van der Waals surface area contributed by atoms with Crippen LogP contribution >= 0.6 is 11.6 Å². The van der Waals surface area contributed by atoms with Gasteiger partial charge in [0.15, 0.2) is 0 Å². The summed E-state index contributed by atoms with van der Waals surface area (Å²) in [4.78, 5) is 16.3. The van der Waals surface area contributed by atoms with Gasteiger partial charge in [-0.25, -0.2) is 4.98 Å². The fourth-order valence-corrected chi connectivity index (χ4v) is 2.25. The lowest BCUT2D eigenvalue weighted by atomic mass is 10.2. The van der Waals surface area contributed by atoms with Gasteiger partial charge in [0, 0.05) is 19.2 Å². The van der Waals surface area contributed by atoms with Crippen molar-refractivity contribution in [2.75, 3.05) is 12.4 Å². The lowest BCUT2D eigenvalue weighted by molar-refractivity contribution is 0.0950. The van der Waals surface area contributed by atoms with E-state index in [1.54, 1.807) is 13.1 Å². The third kappa shape index (κ3) is 5.14. The molecule has 0 atom stereocenters. The molecule has 1 amide bonds. The van der Waals surface area contributed by atoms with Crippen molar-refractivity contribution in [1.29, 1.82) is 0 Å². The van der Waals surface area contributed by atoms with Crippen molar-refractivity contribution in [3.05, 3.63) is 52.7 Å². The van der Waals surface area contributed by atoms with Crippen LogP contribution in [0.4, 0.5) is 5.82 Å². The molecule has 23 heavy (non-hydrogen) atoms. The maximum absolute atomic E-state index is 12.2. The topological polar surface area (TPSA) is 63.2 Å². The number of benzene rings is 1. The van der Waals surface area contributed by atoms with Gasteiger partial charge in [-0.15, -0.1) is 0 Å². The number of carbonyl (C=O) groups is 1. The first-order valence-electron chi connectivity index (χ1n) is 7.37. The Morgan fingerprint density at radius 2 is 2.09 bits per heavy atom. The number of rotatable bonds is 6. The van der Waals surface area contributed by atoms with Gasteiger partial charge in [0.25, 0.3) is 5.91 Å². The van der Waals surface area contributed by atoms with Gasteiger partial charge in [-0.1, -0.05) is 23.7 Å². The fourth-order valence-electron chi connectivity index (χ4n) is 2.04. The van der Waals surface area contributed by atoms with Crippen molar-refractivity contribution in [2.24, 2.45) is 0 Å². The van der Waals surface area contributed by atoms with Crippen LogP contribution in [0.15, 0.2) is 36.4 Å². The molecule has 0 bridgehead atoms. The maximum atomic E-state index is 12.2. The molecule has 0 aliphatic heterocycles. The van der Waals surface area contributed by atoms with Gasteiger partial charge in [-0.3, -0.25) is 4.79 Å². The molecule has 0 aliphatic carbocycles. The fraction of sp³-hybridized carbons (Fsp3) is 0.294. The van der Waals surface area contributed by atoms with E-state index in [4.69, 9.17) is 16.3 Å². The standard InChI is InChI=1S/C17H20ClN3O2/c1-11(2)23-14-6-4-5-12(7-14)10-20-17(22)13-8-15(18)21-16(9-13)19-3/h4-9,11H,10H2,1-3H3,(H,19,21)(H,20,22). The Hall–Kier alpha value is -2.27. The van der Waals surface area contributed by atoms with Gasteiger partial charge in [0.1, 0.15) is 16.7 Å². The highest BCUT2D eigenvalue weighted by Gasteiger charge is 2.09. The Morgan fingerprint density at radius 1 is 1.30 bits per heavy atom. The molecule has 2 aromatic rings. The largest absolute Gasteiger partial charge is 0.491 e. The minimum atomic E-state index is -0.207. The molecule has 0 aliphatic rings. The van der Waals surface area contributed by atoms with Crippen molar-refractivity contribution in [1.82, 2.24) is 10.3 Å². The molecule has 0 fully saturated rings. The molecule has 122 valence electrons. The van der Waals surface area contributed by atoms with E-state index in [2.05, 4.69) is 15.6 Å². The molecule has 6 heteroatoms. The Bertz CT molecular complexity index is 689. The number of anilines is 1.